The van der Waals surface area contributed by atoms with Gasteiger partial charge in [-0.15, -0.1) is 0 Å². The molecule has 0 fully saturated rings. The predicted molar refractivity (Wildman–Crippen MR) is 80.9 cm³/mol. The lowest BCUT2D eigenvalue weighted by Crippen LogP contribution is -2.41. The second-order valence-electron chi connectivity index (χ2n) is 5.13. The fraction of sp³-hybridized carbons (Fsp3) is 0.429. The molecule has 7 nitrogen and oxygen atoms in total. The average molecular weight is 349 g/mol. The molecular weight excluding hydrogens is 331 g/mol. The number of hydrogen-bond acceptors (Lipinski definition) is 7. The summed E-state index contributed by atoms with van der Waals surface area (Å²) in [4.78, 5) is 1.56. The van der Waals surface area contributed by atoms with Crippen molar-refractivity contribution in [2.45, 2.75) is 24.7 Å². The first-order chi connectivity index (χ1) is 10.8. The SMILES string of the molecule is CN1C=C(C(O)C(O)C(O)CO)OC1Nc1ccc(F)c(Cl)c1. The lowest BCUT2D eigenvalue weighted by Gasteiger charge is -2.24. The summed E-state index contributed by atoms with van der Waals surface area (Å²) in [7, 11) is 1.65. The molecule has 0 saturated heterocycles. The van der Waals surface area contributed by atoms with E-state index >= 15 is 0 Å². The van der Waals surface area contributed by atoms with Crippen LogP contribution in [-0.2, 0) is 4.74 Å². The zero-order valence-corrected chi connectivity index (χ0v) is 13.0. The van der Waals surface area contributed by atoms with E-state index in [9.17, 15) is 19.7 Å². The van der Waals surface area contributed by atoms with Gasteiger partial charge in [0, 0.05) is 18.9 Å². The minimum absolute atomic E-state index is 0.0122. The molecule has 0 saturated carbocycles. The Labute approximate surface area is 137 Å². The normalized spacial score (nSPS) is 21.4. The fourth-order valence-electron chi connectivity index (χ4n) is 2.00. The molecule has 5 N–H and O–H groups in total. The molecular formula is C14H18ClFN2O5. The van der Waals surface area contributed by atoms with Crippen LogP contribution in [-0.4, -0.2) is 63.6 Å². The number of nitrogens with zero attached hydrogens (tertiary/aromatic N) is 1. The molecule has 128 valence electrons. The fourth-order valence-corrected chi connectivity index (χ4v) is 2.18. The van der Waals surface area contributed by atoms with Gasteiger partial charge in [0.05, 0.1) is 11.6 Å². The molecule has 2 rings (SSSR count). The van der Waals surface area contributed by atoms with Crippen molar-refractivity contribution in [2.75, 3.05) is 19.0 Å². The van der Waals surface area contributed by atoms with Crippen LogP contribution in [0, 0.1) is 5.82 Å². The number of anilines is 1. The van der Waals surface area contributed by atoms with Gasteiger partial charge in [-0.2, -0.15) is 0 Å². The summed E-state index contributed by atoms with van der Waals surface area (Å²) in [5, 5.41) is 40.7. The number of nitrogens with one attached hydrogen (secondary N) is 1. The van der Waals surface area contributed by atoms with Gasteiger partial charge in [-0.3, -0.25) is 0 Å². The topological polar surface area (TPSA) is 105 Å². The van der Waals surface area contributed by atoms with Crippen LogP contribution < -0.4 is 5.32 Å². The highest BCUT2D eigenvalue weighted by atomic mass is 35.5. The molecule has 9 heteroatoms. The van der Waals surface area contributed by atoms with Crippen molar-refractivity contribution < 1.29 is 29.6 Å². The van der Waals surface area contributed by atoms with Crippen molar-refractivity contribution in [3.8, 4) is 0 Å². The summed E-state index contributed by atoms with van der Waals surface area (Å²) in [6, 6.07) is 4.05. The van der Waals surface area contributed by atoms with E-state index in [1.807, 2.05) is 0 Å². The number of halogens is 2. The largest absolute Gasteiger partial charge is 0.452 e. The monoisotopic (exact) mass is 348 g/mol. The predicted octanol–water partition coefficient (Wildman–Crippen LogP) is 0.0530. The number of aliphatic hydroxyl groups excluding tert-OH is 4. The molecule has 23 heavy (non-hydrogen) atoms. The van der Waals surface area contributed by atoms with Gasteiger partial charge in [0.2, 0.25) is 6.35 Å². The van der Waals surface area contributed by atoms with Gasteiger partial charge >= 0.3 is 0 Å². The summed E-state index contributed by atoms with van der Waals surface area (Å²) in [5.41, 5.74) is 0.494. The number of hydrogen-bond donors (Lipinski definition) is 5. The molecule has 1 aliphatic rings. The summed E-state index contributed by atoms with van der Waals surface area (Å²) in [5.74, 6) is -0.536. The smallest absolute Gasteiger partial charge is 0.250 e. The Kier molecular flexibility index (Phi) is 5.66. The third kappa shape index (κ3) is 4.04. The molecule has 0 spiro atoms. The zero-order chi connectivity index (χ0) is 17.1. The van der Waals surface area contributed by atoms with Crippen molar-refractivity contribution in [1.82, 2.24) is 4.90 Å². The first kappa shape index (κ1) is 17.8. The Morgan fingerprint density at radius 3 is 2.70 bits per heavy atom. The average Bonchev–Trinajstić information content (AvgIpc) is 2.89. The summed E-state index contributed by atoms with van der Waals surface area (Å²) in [6.07, 6.45) is -3.90. The van der Waals surface area contributed by atoms with Gasteiger partial charge in [-0.05, 0) is 18.2 Å². The molecule has 0 aromatic heterocycles. The number of aliphatic hydroxyl groups is 4. The lowest BCUT2D eigenvalue weighted by molar-refractivity contribution is -0.0823. The third-order valence-corrected chi connectivity index (χ3v) is 3.64. The molecule has 0 amide bonds. The maximum Gasteiger partial charge on any atom is 0.250 e. The third-order valence-electron chi connectivity index (χ3n) is 3.35. The Morgan fingerprint density at radius 1 is 1.39 bits per heavy atom. The van der Waals surface area contributed by atoms with E-state index < -0.39 is 37.1 Å². The van der Waals surface area contributed by atoms with Crippen molar-refractivity contribution in [2.24, 2.45) is 0 Å². The Bertz CT molecular complexity index is 588. The van der Waals surface area contributed by atoms with Gasteiger partial charge in [-0.1, -0.05) is 11.6 Å². The standard InChI is InChI=1S/C14H18ClFN2O5/c1-18-5-11(13(22)12(21)10(20)6-19)23-14(18)17-7-2-3-9(16)8(15)4-7/h2-5,10,12-14,17,19-22H,6H2,1H3. The van der Waals surface area contributed by atoms with Crippen LogP contribution in [0.4, 0.5) is 10.1 Å². The second-order valence-corrected chi connectivity index (χ2v) is 5.53. The zero-order valence-electron chi connectivity index (χ0n) is 12.2. The van der Waals surface area contributed by atoms with Crippen molar-refractivity contribution in [1.29, 1.82) is 0 Å². The molecule has 0 aliphatic carbocycles. The Morgan fingerprint density at radius 2 is 2.09 bits per heavy atom. The first-order valence-corrected chi connectivity index (χ1v) is 7.18. The molecule has 0 radical (unpaired) electrons. The van der Waals surface area contributed by atoms with Gasteiger partial charge in [0.1, 0.15) is 29.9 Å². The Balaban J connectivity index is 2.02. The van der Waals surface area contributed by atoms with Crippen LogP contribution in [0.5, 0.6) is 0 Å². The molecule has 1 aromatic carbocycles. The van der Waals surface area contributed by atoms with Crippen LogP contribution in [0.15, 0.2) is 30.2 Å². The summed E-state index contributed by atoms with van der Waals surface area (Å²) in [6.45, 7) is -0.697. The van der Waals surface area contributed by atoms with Crippen LogP contribution >= 0.6 is 11.6 Å². The van der Waals surface area contributed by atoms with Crippen molar-refractivity contribution in [3.05, 3.63) is 41.0 Å². The van der Waals surface area contributed by atoms with E-state index in [0.717, 1.165) is 0 Å². The molecule has 4 unspecified atom stereocenters. The highest BCUT2D eigenvalue weighted by Crippen LogP contribution is 2.25. The van der Waals surface area contributed by atoms with Crippen LogP contribution in [0.25, 0.3) is 0 Å². The molecule has 1 aliphatic heterocycles. The van der Waals surface area contributed by atoms with Crippen molar-refractivity contribution >= 4 is 17.3 Å². The van der Waals surface area contributed by atoms with Crippen LogP contribution in [0.2, 0.25) is 5.02 Å². The van der Waals surface area contributed by atoms with E-state index in [0.29, 0.717) is 5.69 Å². The molecule has 4 atom stereocenters. The Hall–Kier alpha value is -1.58. The maximum atomic E-state index is 13.1. The lowest BCUT2D eigenvalue weighted by atomic mass is 10.1. The molecule has 1 aromatic rings. The van der Waals surface area contributed by atoms with Gasteiger partial charge in [0.25, 0.3) is 0 Å². The number of rotatable bonds is 6. The van der Waals surface area contributed by atoms with E-state index in [1.165, 1.54) is 24.4 Å². The second kappa shape index (κ2) is 7.33. The minimum Gasteiger partial charge on any atom is -0.452 e. The van der Waals surface area contributed by atoms with Crippen LogP contribution in [0.1, 0.15) is 0 Å². The quantitative estimate of drug-likeness (QED) is 0.495. The first-order valence-electron chi connectivity index (χ1n) is 6.80. The minimum atomic E-state index is -1.60. The maximum absolute atomic E-state index is 13.1. The van der Waals surface area contributed by atoms with Gasteiger partial charge < -0.3 is 35.4 Å². The van der Waals surface area contributed by atoms with E-state index in [1.54, 1.807) is 11.9 Å². The summed E-state index contributed by atoms with van der Waals surface area (Å²) >= 11 is 5.70. The highest BCUT2D eigenvalue weighted by Gasteiger charge is 2.34. The summed E-state index contributed by atoms with van der Waals surface area (Å²) < 4.78 is 18.6. The molecule has 0 bridgehead atoms. The van der Waals surface area contributed by atoms with Gasteiger partial charge in [-0.25, -0.2) is 4.39 Å². The van der Waals surface area contributed by atoms with E-state index in [2.05, 4.69) is 5.32 Å². The number of benzene rings is 1. The van der Waals surface area contributed by atoms with Gasteiger partial charge in [0.15, 0.2) is 0 Å². The van der Waals surface area contributed by atoms with Crippen LogP contribution in [0.3, 0.4) is 0 Å². The van der Waals surface area contributed by atoms with E-state index in [4.69, 9.17) is 21.4 Å². The number of ether oxygens (including phenoxy) is 1. The van der Waals surface area contributed by atoms with Crippen molar-refractivity contribution in [3.63, 3.8) is 0 Å². The van der Waals surface area contributed by atoms with E-state index in [-0.39, 0.29) is 10.8 Å². The molecule has 1 heterocycles. The highest BCUT2D eigenvalue weighted by molar-refractivity contribution is 6.31.